The first kappa shape index (κ1) is 20.0. The Kier molecular flexibility index (Phi) is 5.77. The fraction of sp³-hybridized carbons (Fsp3) is 0.312. The molecule has 0 saturated heterocycles. The molecule has 1 heterocycles. The molecule has 2 rings (SSSR count). The molecule has 0 fully saturated rings. The number of hydrogen-bond donors (Lipinski definition) is 1. The molecule has 26 heavy (non-hydrogen) atoms. The van der Waals surface area contributed by atoms with Crippen LogP contribution in [0.15, 0.2) is 46.1 Å². The fourth-order valence-corrected chi connectivity index (χ4v) is 3.65. The second-order valence-electron chi connectivity index (χ2n) is 5.42. The number of hydrogen-bond acceptors (Lipinski definition) is 4. The first-order chi connectivity index (χ1) is 12.1. The van der Waals surface area contributed by atoms with Gasteiger partial charge in [-0.15, -0.1) is 0 Å². The van der Waals surface area contributed by atoms with E-state index >= 15 is 0 Å². The molecule has 10 heteroatoms. The highest BCUT2D eigenvalue weighted by atomic mass is 32.2. The number of rotatable bonds is 6. The van der Waals surface area contributed by atoms with E-state index in [-0.39, 0.29) is 13.1 Å². The number of alkyl halides is 3. The minimum atomic E-state index is -4.80. The predicted octanol–water partition coefficient (Wildman–Crippen LogP) is 2.16. The summed E-state index contributed by atoms with van der Waals surface area (Å²) in [5.74, 6) is 0.364. The lowest BCUT2D eigenvalue weighted by atomic mass is 10.2. The van der Waals surface area contributed by atoms with E-state index in [0.29, 0.717) is 17.5 Å². The van der Waals surface area contributed by atoms with Gasteiger partial charge in [0.25, 0.3) is 5.56 Å². The minimum absolute atomic E-state index is 0.0396. The maximum atomic E-state index is 13.0. The lowest BCUT2D eigenvalue weighted by molar-refractivity contribution is -0.139. The second-order valence-corrected chi connectivity index (χ2v) is 7.15. The number of pyridine rings is 1. The molecule has 0 unspecified atom stereocenters. The third-order valence-electron chi connectivity index (χ3n) is 3.65. The summed E-state index contributed by atoms with van der Waals surface area (Å²) in [7, 11) is -2.99. The molecule has 6 nitrogen and oxygen atoms in total. The van der Waals surface area contributed by atoms with Gasteiger partial charge in [0, 0.05) is 24.8 Å². The van der Waals surface area contributed by atoms with E-state index in [4.69, 9.17) is 4.74 Å². The number of nitrogens with zero attached hydrogens (tertiary/aromatic N) is 1. The molecule has 0 amide bonds. The summed E-state index contributed by atoms with van der Waals surface area (Å²) in [5, 5.41) is 0. The van der Waals surface area contributed by atoms with Crippen molar-refractivity contribution in [3.63, 3.8) is 0 Å². The van der Waals surface area contributed by atoms with E-state index in [1.54, 1.807) is 13.0 Å². The molecule has 0 spiro atoms. The molecule has 1 aromatic carbocycles. The van der Waals surface area contributed by atoms with Crippen molar-refractivity contribution >= 4 is 10.0 Å². The molecule has 0 aliphatic carbocycles. The molecule has 0 aliphatic rings. The van der Waals surface area contributed by atoms with Crippen LogP contribution < -0.4 is 15.0 Å². The van der Waals surface area contributed by atoms with Crippen LogP contribution in [-0.2, 0) is 22.7 Å². The highest BCUT2D eigenvalue weighted by molar-refractivity contribution is 7.89. The van der Waals surface area contributed by atoms with Crippen molar-refractivity contribution in [3.05, 3.63) is 58.0 Å². The molecular formula is C16H17F3N2O4S. The highest BCUT2D eigenvalue weighted by Crippen LogP contribution is 2.33. The van der Waals surface area contributed by atoms with Crippen LogP contribution in [0.1, 0.15) is 11.3 Å². The van der Waals surface area contributed by atoms with E-state index in [0.717, 1.165) is 12.1 Å². The molecule has 0 atom stereocenters. The maximum absolute atomic E-state index is 13.0. The highest BCUT2D eigenvalue weighted by Gasteiger charge is 2.36. The Morgan fingerprint density at radius 3 is 2.42 bits per heavy atom. The zero-order chi connectivity index (χ0) is 19.5. The lowest BCUT2D eigenvalue weighted by Gasteiger charge is -2.15. The van der Waals surface area contributed by atoms with Gasteiger partial charge in [-0.2, -0.15) is 13.2 Å². The van der Waals surface area contributed by atoms with Crippen molar-refractivity contribution in [2.75, 3.05) is 13.7 Å². The van der Waals surface area contributed by atoms with E-state index in [1.165, 1.54) is 23.8 Å². The van der Waals surface area contributed by atoms with Gasteiger partial charge in [0.2, 0.25) is 10.0 Å². The maximum Gasteiger partial charge on any atom is 0.417 e. The summed E-state index contributed by atoms with van der Waals surface area (Å²) in [6.45, 7) is 1.35. The summed E-state index contributed by atoms with van der Waals surface area (Å²) < 4.78 is 71.8. The van der Waals surface area contributed by atoms with Gasteiger partial charge < -0.3 is 9.30 Å². The quantitative estimate of drug-likeness (QED) is 0.820. The summed E-state index contributed by atoms with van der Waals surface area (Å²) in [5.41, 5.74) is -1.12. The van der Waals surface area contributed by atoms with Crippen molar-refractivity contribution in [3.8, 4) is 5.75 Å². The molecule has 0 saturated carbocycles. The molecule has 1 aromatic heterocycles. The second kappa shape index (κ2) is 7.50. The Morgan fingerprint density at radius 1 is 1.19 bits per heavy atom. The summed E-state index contributed by atoms with van der Waals surface area (Å²) in [6.07, 6.45) is -4.80. The first-order valence-corrected chi connectivity index (χ1v) is 8.96. The SMILES string of the molecule is COc1cc(C)n(CCNS(=O)(=O)c2ccccc2C(F)(F)F)c(=O)c1. The van der Waals surface area contributed by atoms with Crippen LogP contribution in [0.2, 0.25) is 0 Å². The van der Waals surface area contributed by atoms with E-state index in [1.807, 2.05) is 0 Å². The van der Waals surface area contributed by atoms with Gasteiger partial charge in [-0.05, 0) is 25.1 Å². The van der Waals surface area contributed by atoms with E-state index < -0.39 is 32.2 Å². The molecule has 0 aliphatic heterocycles. The van der Waals surface area contributed by atoms with Crippen molar-refractivity contribution in [1.29, 1.82) is 0 Å². The van der Waals surface area contributed by atoms with Crippen LogP contribution in [0.25, 0.3) is 0 Å². The third-order valence-corrected chi connectivity index (χ3v) is 5.17. The topological polar surface area (TPSA) is 77.4 Å². The number of aryl methyl sites for hydroxylation is 1. The summed E-state index contributed by atoms with van der Waals surface area (Å²) in [4.78, 5) is 11.1. The number of sulfonamides is 1. The Balaban J connectivity index is 2.20. The Bertz CT molecular complexity index is 953. The number of nitrogens with one attached hydrogen (secondary N) is 1. The van der Waals surface area contributed by atoms with Crippen LogP contribution >= 0.6 is 0 Å². The molecule has 0 radical (unpaired) electrons. The van der Waals surface area contributed by atoms with Crippen molar-refractivity contribution < 1.29 is 26.3 Å². The standard InChI is InChI=1S/C16H17F3N2O4S/c1-11-9-12(25-2)10-15(22)21(11)8-7-20-26(23,24)14-6-4-3-5-13(14)16(17,18)19/h3-6,9-10,20H,7-8H2,1-2H3. The van der Waals surface area contributed by atoms with Crippen molar-refractivity contribution in [2.45, 2.75) is 24.5 Å². The van der Waals surface area contributed by atoms with Crippen LogP contribution in [0.5, 0.6) is 5.75 Å². The number of aromatic nitrogens is 1. The van der Waals surface area contributed by atoms with Crippen LogP contribution in [-0.4, -0.2) is 26.6 Å². The van der Waals surface area contributed by atoms with E-state index in [9.17, 15) is 26.4 Å². The molecule has 142 valence electrons. The zero-order valence-electron chi connectivity index (χ0n) is 14.0. The van der Waals surface area contributed by atoms with E-state index in [2.05, 4.69) is 4.72 Å². The van der Waals surface area contributed by atoms with Gasteiger partial charge in [0.1, 0.15) is 5.75 Å². The monoisotopic (exact) mass is 390 g/mol. The number of methoxy groups -OCH3 is 1. The summed E-state index contributed by atoms with van der Waals surface area (Å²) >= 11 is 0. The smallest absolute Gasteiger partial charge is 0.417 e. The lowest BCUT2D eigenvalue weighted by Crippen LogP contribution is -2.32. The minimum Gasteiger partial charge on any atom is -0.496 e. The number of halogens is 3. The van der Waals surface area contributed by atoms with Crippen molar-refractivity contribution in [2.24, 2.45) is 0 Å². The van der Waals surface area contributed by atoms with Gasteiger partial charge in [-0.1, -0.05) is 12.1 Å². The Hall–Kier alpha value is -2.33. The Labute approximate surface area is 148 Å². The largest absolute Gasteiger partial charge is 0.496 e. The number of benzene rings is 1. The molecule has 1 N–H and O–H groups in total. The van der Waals surface area contributed by atoms with Crippen LogP contribution in [0.3, 0.4) is 0 Å². The summed E-state index contributed by atoms with van der Waals surface area (Å²) in [6, 6.07) is 6.74. The average molecular weight is 390 g/mol. The first-order valence-electron chi connectivity index (χ1n) is 7.47. The normalized spacial score (nSPS) is 12.2. The van der Waals surface area contributed by atoms with Gasteiger partial charge in [0.05, 0.1) is 17.6 Å². The molecule has 2 aromatic rings. The van der Waals surface area contributed by atoms with Crippen LogP contribution in [0, 0.1) is 6.92 Å². The Morgan fingerprint density at radius 2 is 1.85 bits per heavy atom. The predicted molar refractivity (Wildman–Crippen MR) is 88.6 cm³/mol. The molecule has 0 bridgehead atoms. The third kappa shape index (κ3) is 4.44. The fourth-order valence-electron chi connectivity index (χ4n) is 2.41. The molecular weight excluding hydrogens is 373 g/mol. The van der Waals surface area contributed by atoms with Crippen LogP contribution in [0.4, 0.5) is 13.2 Å². The van der Waals surface area contributed by atoms with Crippen molar-refractivity contribution in [1.82, 2.24) is 9.29 Å². The zero-order valence-corrected chi connectivity index (χ0v) is 14.8. The van der Waals surface area contributed by atoms with Gasteiger partial charge >= 0.3 is 6.18 Å². The van der Waals surface area contributed by atoms with Gasteiger partial charge in [-0.25, -0.2) is 13.1 Å². The van der Waals surface area contributed by atoms with Gasteiger partial charge in [0.15, 0.2) is 0 Å². The average Bonchev–Trinajstić information content (AvgIpc) is 2.56. The van der Waals surface area contributed by atoms with Gasteiger partial charge in [-0.3, -0.25) is 4.79 Å². The number of ether oxygens (including phenoxy) is 1.